The second-order valence-electron chi connectivity index (χ2n) is 6.48. The molecular weight excluding hydrogens is 272 g/mol. The Balaban J connectivity index is 2.30. The Morgan fingerprint density at radius 2 is 1.64 bits per heavy atom. The summed E-state index contributed by atoms with van der Waals surface area (Å²) in [6.45, 7) is 6.99. The lowest BCUT2D eigenvalue weighted by molar-refractivity contribution is -0.150. The minimum atomic E-state index is -0.0394. The summed E-state index contributed by atoms with van der Waals surface area (Å²) < 4.78 is 5.51. The third kappa shape index (κ3) is 7.63. The Hall–Kier alpha value is -1.31. The molecule has 0 heterocycles. The number of esters is 1. The average Bonchev–Trinajstić information content (AvgIpc) is 2.52. The third-order valence-electron chi connectivity index (χ3n) is 4.15. The zero-order chi connectivity index (χ0) is 16.2. The average molecular weight is 304 g/mol. The Labute approximate surface area is 136 Å². The molecule has 0 saturated heterocycles. The summed E-state index contributed by atoms with van der Waals surface area (Å²) in [5.41, 5.74) is 1.21. The van der Waals surface area contributed by atoms with Crippen LogP contribution in [0.25, 0.3) is 0 Å². The fraction of sp³-hybridized carbons (Fsp3) is 0.650. The number of benzene rings is 1. The van der Waals surface area contributed by atoms with E-state index in [2.05, 4.69) is 32.9 Å². The van der Waals surface area contributed by atoms with Gasteiger partial charge in [0, 0.05) is 0 Å². The Bertz CT molecular complexity index is 397. The van der Waals surface area contributed by atoms with Crippen molar-refractivity contribution in [2.45, 2.75) is 65.7 Å². The molecule has 0 spiro atoms. The van der Waals surface area contributed by atoms with Crippen LogP contribution in [0.2, 0.25) is 0 Å². The summed E-state index contributed by atoms with van der Waals surface area (Å²) in [7, 11) is 0. The van der Waals surface area contributed by atoms with Gasteiger partial charge in [-0.15, -0.1) is 0 Å². The number of unbranched alkanes of at least 4 members (excludes halogenated alkanes) is 5. The summed E-state index contributed by atoms with van der Waals surface area (Å²) in [6.07, 6.45) is 8.06. The van der Waals surface area contributed by atoms with E-state index in [1.54, 1.807) is 0 Å². The Kier molecular flexibility index (Phi) is 9.61. The lowest BCUT2D eigenvalue weighted by Gasteiger charge is -2.19. The molecule has 1 aromatic carbocycles. The van der Waals surface area contributed by atoms with Gasteiger partial charge in [-0.25, -0.2) is 0 Å². The van der Waals surface area contributed by atoms with Gasteiger partial charge in [0.1, 0.15) is 0 Å². The van der Waals surface area contributed by atoms with Gasteiger partial charge in [0.2, 0.25) is 0 Å². The van der Waals surface area contributed by atoms with E-state index in [-0.39, 0.29) is 11.9 Å². The quantitative estimate of drug-likeness (QED) is 0.404. The van der Waals surface area contributed by atoms with Crippen molar-refractivity contribution >= 4 is 5.97 Å². The summed E-state index contributed by atoms with van der Waals surface area (Å²) in [4.78, 5) is 12.3. The highest BCUT2D eigenvalue weighted by molar-refractivity contribution is 5.73. The van der Waals surface area contributed by atoms with Crippen LogP contribution in [0.3, 0.4) is 0 Å². The highest BCUT2D eigenvalue weighted by Crippen LogP contribution is 2.19. The molecule has 0 bridgehead atoms. The molecule has 22 heavy (non-hydrogen) atoms. The molecule has 0 aliphatic heterocycles. The maximum absolute atomic E-state index is 12.3. The highest BCUT2D eigenvalue weighted by atomic mass is 16.5. The van der Waals surface area contributed by atoms with Crippen molar-refractivity contribution in [2.24, 2.45) is 11.8 Å². The predicted octanol–water partition coefficient (Wildman–Crippen LogP) is 5.41. The summed E-state index contributed by atoms with van der Waals surface area (Å²) >= 11 is 0. The van der Waals surface area contributed by atoms with Crippen LogP contribution >= 0.6 is 0 Å². The first kappa shape index (κ1) is 18.7. The number of ether oxygens (including phenoxy) is 1. The maximum atomic E-state index is 12.3. The second kappa shape index (κ2) is 11.3. The van der Waals surface area contributed by atoms with E-state index >= 15 is 0 Å². The second-order valence-corrected chi connectivity index (χ2v) is 6.48. The zero-order valence-corrected chi connectivity index (χ0v) is 14.5. The molecule has 1 aromatic rings. The van der Waals surface area contributed by atoms with Crippen LogP contribution in [-0.4, -0.2) is 12.6 Å². The molecule has 0 N–H and O–H groups in total. The van der Waals surface area contributed by atoms with Gasteiger partial charge in [-0.1, -0.05) is 83.2 Å². The molecule has 1 unspecified atom stereocenters. The van der Waals surface area contributed by atoms with E-state index in [1.165, 1.54) is 31.2 Å². The molecule has 0 amide bonds. The maximum Gasteiger partial charge on any atom is 0.309 e. The normalized spacial score (nSPS) is 12.4. The van der Waals surface area contributed by atoms with Crippen LogP contribution < -0.4 is 0 Å². The van der Waals surface area contributed by atoms with Gasteiger partial charge >= 0.3 is 5.97 Å². The van der Waals surface area contributed by atoms with Crippen molar-refractivity contribution in [1.82, 2.24) is 0 Å². The molecule has 0 aliphatic rings. The molecule has 2 nitrogen and oxygen atoms in total. The predicted molar refractivity (Wildman–Crippen MR) is 92.8 cm³/mol. The van der Waals surface area contributed by atoms with Crippen molar-refractivity contribution in [3.8, 4) is 0 Å². The van der Waals surface area contributed by atoms with E-state index in [4.69, 9.17) is 4.74 Å². The van der Waals surface area contributed by atoms with Crippen LogP contribution in [0.1, 0.15) is 64.9 Å². The minimum Gasteiger partial charge on any atom is -0.465 e. The van der Waals surface area contributed by atoms with Crippen LogP contribution in [0.15, 0.2) is 30.3 Å². The number of carbonyl (C=O) groups is 1. The lowest BCUT2D eigenvalue weighted by Crippen LogP contribution is -2.25. The van der Waals surface area contributed by atoms with Crippen molar-refractivity contribution in [1.29, 1.82) is 0 Å². The topological polar surface area (TPSA) is 26.3 Å². The number of hydrogen-bond donors (Lipinski definition) is 0. The van der Waals surface area contributed by atoms with Crippen LogP contribution in [0.5, 0.6) is 0 Å². The summed E-state index contributed by atoms with van der Waals surface area (Å²) in [5.74, 6) is 0.229. The van der Waals surface area contributed by atoms with Crippen molar-refractivity contribution in [3.05, 3.63) is 35.9 Å². The van der Waals surface area contributed by atoms with E-state index < -0.39 is 0 Å². The highest BCUT2D eigenvalue weighted by Gasteiger charge is 2.23. The minimum absolute atomic E-state index is 0.0348. The van der Waals surface area contributed by atoms with E-state index in [0.717, 1.165) is 19.3 Å². The molecular formula is C20H32O2. The monoisotopic (exact) mass is 304 g/mol. The molecule has 2 heteroatoms. The van der Waals surface area contributed by atoms with Gasteiger partial charge in [0.25, 0.3) is 0 Å². The van der Waals surface area contributed by atoms with Crippen LogP contribution in [0, 0.1) is 11.8 Å². The van der Waals surface area contributed by atoms with E-state index in [1.807, 2.05) is 18.2 Å². The molecule has 0 aromatic heterocycles. The smallest absolute Gasteiger partial charge is 0.309 e. The van der Waals surface area contributed by atoms with Gasteiger partial charge in [-0.3, -0.25) is 4.79 Å². The van der Waals surface area contributed by atoms with Crippen molar-refractivity contribution in [2.75, 3.05) is 6.61 Å². The van der Waals surface area contributed by atoms with E-state index in [0.29, 0.717) is 12.5 Å². The number of carbonyl (C=O) groups excluding carboxylic acids is 1. The van der Waals surface area contributed by atoms with Gasteiger partial charge in [-0.2, -0.15) is 0 Å². The molecule has 0 fully saturated rings. The fourth-order valence-electron chi connectivity index (χ4n) is 2.62. The number of hydrogen-bond acceptors (Lipinski definition) is 2. The molecule has 0 aliphatic carbocycles. The first-order valence-electron chi connectivity index (χ1n) is 8.85. The zero-order valence-electron chi connectivity index (χ0n) is 14.5. The summed E-state index contributed by atoms with van der Waals surface area (Å²) in [6, 6.07) is 10.2. The summed E-state index contributed by atoms with van der Waals surface area (Å²) in [5, 5.41) is 0. The molecule has 1 rings (SSSR count). The lowest BCUT2D eigenvalue weighted by atomic mass is 9.89. The van der Waals surface area contributed by atoms with Crippen molar-refractivity contribution in [3.63, 3.8) is 0 Å². The van der Waals surface area contributed by atoms with Gasteiger partial charge in [0.05, 0.1) is 12.5 Å². The van der Waals surface area contributed by atoms with Crippen LogP contribution in [-0.2, 0) is 16.0 Å². The first-order chi connectivity index (χ1) is 10.6. The molecule has 124 valence electrons. The van der Waals surface area contributed by atoms with Gasteiger partial charge in [0.15, 0.2) is 0 Å². The van der Waals surface area contributed by atoms with Crippen LogP contribution in [0.4, 0.5) is 0 Å². The SMILES string of the molecule is CCCCCCCCOC(=O)C(Cc1ccccc1)C(C)C. The Morgan fingerprint density at radius 1 is 1.00 bits per heavy atom. The largest absolute Gasteiger partial charge is 0.465 e. The van der Waals surface area contributed by atoms with E-state index in [9.17, 15) is 4.79 Å². The van der Waals surface area contributed by atoms with Gasteiger partial charge in [-0.05, 0) is 24.3 Å². The van der Waals surface area contributed by atoms with Gasteiger partial charge < -0.3 is 4.74 Å². The number of rotatable bonds is 11. The van der Waals surface area contributed by atoms with Crippen molar-refractivity contribution < 1.29 is 9.53 Å². The molecule has 1 atom stereocenters. The Morgan fingerprint density at radius 3 is 2.27 bits per heavy atom. The third-order valence-corrected chi connectivity index (χ3v) is 4.15. The molecule has 0 saturated carbocycles. The first-order valence-corrected chi connectivity index (χ1v) is 8.85. The standard InChI is InChI=1S/C20H32O2/c1-4-5-6-7-8-12-15-22-20(21)19(17(2)3)16-18-13-10-9-11-14-18/h9-11,13-14,17,19H,4-8,12,15-16H2,1-3H3. The molecule has 0 radical (unpaired) electrons. The fourth-order valence-corrected chi connectivity index (χ4v) is 2.62.